The molecule has 1 heterocycles. The van der Waals surface area contributed by atoms with Gasteiger partial charge in [0.15, 0.2) is 0 Å². The average Bonchev–Trinajstić information content (AvgIpc) is 2.49. The zero-order chi connectivity index (χ0) is 13.9. The molecule has 4 radical (unpaired) electrons. The Morgan fingerprint density at radius 2 is 1.64 bits per heavy atom. The Bertz CT molecular complexity index is 741. The Morgan fingerprint density at radius 1 is 0.909 bits per heavy atom. The molecule has 2 aromatic carbocycles. The molecule has 3 heteroatoms. The second-order valence-corrected chi connectivity index (χ2v) is 4.89. The summed E-state index contributed by atoms with van der Waals surface area (Å²) in [5.74, 6) is 0. The minimum absolute atomic E-state index is 0. The minimum Gasteiger partial charge on any atom is -0.289 e. The fourth-order valence-electron chi connectivity index (χ4n) is 2.47. The first-order valence-corrected chi connectivity index (χ1v) is 6.71. The third-order valence-corrected chi connectivity index (χ3v) is 3.49. The number of pyridine rings is 1. The number of rotatable bonds is 2. The molecule has 0 bridgehead atoms. The maximum Gasteiger partial charge on any atom is 0.120 e. The molecule has 0 aliphatic rings. The van der Waals surface area contributed by atoms with Crippen molar-refractivity contribution in [3.8, 4) is 22.4 Å². The molecule has 0 unspecified atom stereocenters. The number of hydrogen-bond donors (Lipinski definition) is 0. The Hall–Kier alpha value is -1.24. The smallest absolute Gasteiger partial charge is 0.120 e. The van der Waals surface area contributed by atoms with E-state index in [0.717, 1.165) is 11.1 Å². The Labute approximate surface area is 159 Å². The second-order valence-electron chi connectivity index (χ2n) is 4.89. The summed E-state index contributed by atoms with van der Waals surface area (Å²) in [5.41, 5.74) is 5.83. The van der Waals surface area contributed by atoms with Gasteiger partial charge in [0.05, 0.1) is 11.9 Å². The van der Waals surface area contributed by atoms with Crippen molar-refractivity contribution in [1.29, 1.82) is 0 Å². The van der Waals surface area contributed by atoms with Crippen molar-refractivity contribution in [2.45, 2.75) is 6.92 Å². The van der Waals surface area contributed by atoms with Gasteiger partial charge >= 0.3 is 0 Å². The molecule has 0 saturated heterocycles. The molecule has 0 atom stereocenters. The summed E-state index contributed by atoms with van der Waals surface area (Å²) < 4.78 is 2.15. The molecule has 0 amide bonds. The predicted octanol–water partition coefficient (Wildman–Crippen LogP) is 3.37. The van der Waals surface area contributed by atoms with Crippen molar-refractivity contribution >= 4 is 8.41 Å². The number of nitrogens with zero attached hydrogens (tertiary/aromatic N) is 1. The maximum atomic E-state index is 3.37. The Morgan fingerprint density at radius 3 is 2.32 bits per heavy atom. The zero-order valence-corrected chi connectivity index (χ0v) is 15.7. The van der Waals surface area contributed by atoms with Gasteiger partial charge in [-0.1, -0.05) is 30.3 Å². The molecule has 0 N–H and O–H groups in total. The van der Waals surface area contributed by atoms with Crippen LogP contribution in [0.15, 0.2) is 60.8 Å². The van der Waals surface area contributed by atoms with E-state index in [-0.39, 0.29) is 41.1 Å². The molecule has 0 aliphatic carbocycles. The van der Waals surface area contributed by atoms with Crippen LogP contribution in [0.3, 0.4) is 0 Å². The number of aromatic nitrogens is 1. The monoisotopic (exact) mass is 358 g/mol. The molecule has 0 aliphatic heterocycles. The van der Waals surface area contributed by atoms with Crippen molar-refractivity contribution in [1.82, 2.24) is 0 Å². The quantitative estimate of drug-likeness (QED) is 0.376. The van der Waals surface area contributed by atoms with Gasteiger partial charge in [-0.05, 0) is 18.1 Å². The van der Waals surface area contributed by atoms with Gasteiger partial charge in [0, 0.05) is 41.1 Å². The summed E-state index contributed by atoms with van der Waals surface area (Å²) in [6.07, 6.45) is 2.04. The van der Waals surface area contributed by atoms with Crippen molar-refractivity contribution < 1.29 is 37.3 Å². The topological polar surface area (TPSA) is 3.88 Å². The van der Waals surface area contributed by atoms with Gasteiger partial charge in [0.2, 0.25) is 0 Å². The number of aryl methyl sites for hydroxylation is 2. The van der Waals surface area contributed by atoms with Crippen LogP contribution in [-0.2, 0) is 39.8 Å². The normalized spacial score (nSPS) is 9.55. The van der Waals surface area contributed by atoms with Gasteiger partial charge in [-0.3, -0.25) is 4.57 Å². The molecular formula is C19H16BNY-. The number of benzene rings is 2. The second kappa shape index (κ2) is 8.41. The van der Waals surface area contributed by atoms with Crippen molar-refractivity contribution in [3.63, 3.8) is 0 Å². The van der Waals surface area contributed by atoms with Crippen LogP contribution in [0.4, 0.5) is 0 Å². The molecule has 1 aromatic heterocycles. The van der Waals surface area contributed by atoms with E-state index in [9.17, 15) is 0 Å². The first-order chi connectivity index (χ1) is 9.77. The summed E-state index contributed by atoms with van der Waals surface area (Å²) in [6, 6.07) is 25.1. The minimum atomic E-state index is 0. The predicted molar refractivity (Wildman–Crippen MR) is 86.7 cm³/mol. The standard InChI is InChI=1S/C19H16N.B.Y/c1-15-9-6-7-12-17(15)19-18(13-8-14-20(19)2)16-10-4-3-5-11-16;;/h3-10,12,14H,1-2H3;;/q-1;;. The first-order valence-electron chi connectivity index (χ1n) is 6.71. The van der Waals surface area contributed by atoms with Gasteiger partial charge in [0.1, 0.15) is 7.05 Å². The van der Waals surface area contributed by atoms with Crippen molar-refractivity contribution in [3.05, 3.63) is 78.5 Å². The Balaban J connectivity index is 0.00000121. The van der Waals surface area contributed by atoms with Gasteiger partial charge in [-0.2, -0.15) is 35.9 Å². The molecule has 3 aromatic rings. The van der Waals surface area contributed by atoms with E-state index >= 15 is 0 Å². The molecular weight excluding hydrogens is 342 g/mol. The molecule has 3 rings (SSSR count). The van der Waals surface area contributed by atoms with Crippen LogP contribution in [0.5, 0.6) is 0 Å². The van der Waals surface area contributed by atoms with Crippen LogP contribution in [0, 0.1) is 19.1 Å². The van der Waals surface area contributed by atoms with Crippen LogP contribution in [0.2, 0.25) is 0 Å². The molecule has 0 saturated carbocycles. The van der Waals surface area contributed by atoms with Crippen LogP contribution in [0.25, 0.3) is 22.4 Å². The van der Waals surface area contributed by atoms with E-state index in [1.807, 2.05) is 30.5 Å². The van der Waals surface area contributed by atoms with Gasteiger partial charge < -0.3 is 0 Å². The van der Waals surface area contributed by atoms with E-state index < -0.39 is 0 Å². The van der Waals surface area contributed by atoms with E-state index in [2.05, 4.69) is 61.0 Å². The fourth-order valence-corrected chi connectivity index (χ4v) is 2.47. The zero-order valence-electron chi connectivity index (χ0n) is 12.9. The van der Waals surface area contributed by atoms with E-state index in [0.29, 0.717) is 0 Å². The summed E-state index contributed by atoms with van der Waals surface area (Å²) in [4.78, 5) is 0. The van der Waals surface area contributed by atoms with Crippen molar-refractivity contribution in [2.24, 2.45) is 7.05 Å². The summed E-state index contributed by atoms with van der Waals surface area (Å²) in [6.45, 7) is 2.14. The van der Waals surface area contributed by atoms with Gasteiger partial charge in [0.25, 0.3) is 0 Å². The van der Waals surface area contributed by atoms with E-state index in [4.69, 9.17) is 0 Å². The summed E-state index contributed by atoms with van der Waals surface area (Å²) >= 11 is 0. The van der Waals surface area contributed by atoms with E-state index in [1.54, 1.807) is 0 Å². The molecule has 0 fully saturated rings. The summed E-state index contributed by atoms with van der Waals surface area (Å²) in [7, 11) is 2.07. The van der Waals surface area contributed by atoms with Gasteiger partial charge in [-0.15, -0.1) is 6.07 Å². The SMILES string of the molecule is Cc1ccccc1-c1c(-c2[c-]cccc2)[c-]cc[n+]1C.[B].[Y]. The largest absolute Gasteiger partial charge is 0.289 e. The van der Waals surface area contributed by atoms with Gasteiger partial charge in [-0.25, -0.2) is 5.56 Å². The van der Waals surface area contributed by atoms with Crippen LogP contribution >= 0.6 is 0 Å². The first kappa shape index (κ1) is 18.8. The number of hydrogen-bond acceptors (Lipinski definition) is 0. The third kappa shape index (κ3) is 3.74. The molecule has 1 nitrogen and oxygen atoms in total. The summed E-state index contributed by atoms with van der Waals surface area (Å²) in [5, 5.41) is 0. The Kier molecular flexibility index (Phi) is 7.19. The molecule has 0 spiro atoms. The van der Waals surface area contributed by atoms with Crippen LogP contribution in [0.1, 0.15) is 5.56 Å². The van der Waals surface area contributed by atoms with Crippen LogP contribution < -0.4 is 4.57 Å². The van der Waals surface area contributed by atoms with E-state index in [1.165, 1.54) is 16.8 Å². The molecule has 104 valence electrons. The van der Waals surface area contributed by atoms with Crippen molar-refractivity contribution in [2.75, 3.05) is 0 Å². The maximum absolute atomic E-state index is 3.37. The van der Waals surface area contributed by atoms with Crippen LogP contribution in [-0.4, -0.2) is 8.41 Å². The average molecular weight is 358 g/mol. The molecule has 22 heavy (non-hydrogen) atoms. The third-order valence-electron chi connectivity index (χ3n) is 3.49. The fraction of sp³-hybridized carbons (Fsp3) is 0.105.